The van der Waals surface area contributed by atoms with Crippen molar-refractivity contribution in [3.8, 4) is 0 Å². The summed E-state index contributed by atoms with van der Waals surface area (Å²) in [6.07, 6.45) is 4.22. The molecule has 0 spiro atoms. The molecule has 0 radical (unpaired) electrons. The van der Waals surface area contributed by atoms with Crippen molar-refractivity contribution in [2.45, 2.75) is 52.0 Å². The molecule has 0 aromatic carbocycles. The molecule has 1 unspecified atom stereocenters. The average molecular weight is 296 g/mol. The van der Waals surface area contributed by atoms with Crippen molar-refractivity contribution >= 4 is 23.2 Å². The predicted octanol–water partition coefficient (Wildman–Crippen LogP) is 2.49. The minimum atomic E-state index is 0.00476. The largest absolute Gasteiger partial charge is 0.356 e. The molecule has 0 aliphatic heterocycles. The zero-order chi connectivity index (χ0) is 14.8. The summed E-state index contributed by atoms with van der Waals surface area (Å²) in [5.74, 6) is 0.124. The SMILES string of the molecule is CC(=O)NCCCCCC(=O)NC(C)Cc1cccs1. The maximum Gasteiger partial charge on any atom is 0.220 e. The lowest BCUT2D eigenvalue weighted by Gasteiger charge is -2.12. The van der Waals surface area contributed by atoms with Gasteiger partial charge < -0.3 is 10.6 Å². The van der Waals surface area contributed by atoms with Gasteiger partial charge in [-0.3, -0.25) is 9.59 Å². The maximum atomic E-state index is 11.7. The monoisotopic (exact) mass is 296 g/mol. The van der Waals surface area contributed by atoms with E-state index in [0.717, 1.165) is 25.7 Å². The average Bonchev–Trinajstić information content (AvgIpc) is 2.85. The molecule has 2 N–H and O–H groups in total. The number of nitrogens with one attached hydrogen (secondary N) is 2. The second kappa shape index (κ2) is 9.53. The molecule has 1 atom stereocenters. The fourth-order valence-electron chi connectivity index (χ4n) is 1.98. The van der Waals surface area contributed by atoms with Gasteiger partial charge in [0.1, 0.15) is 0 Å². The van der Waals surface area contributed by atoms with Gasteiger partial charge >= 0.3 is 0 Å². The van der Waals surface area contributed by atoms with Gasteiger partial charge in [0.25, 0.3) is 0 Å². The second-order valence-electron chi connectivity index (χ2n) is 5.05. The summed E-state index contributed by atoms with van der Waals surface area (Å²) in [7, 11) is 0. The summed E-state index contributed by atoms with van der Waals surface area (Å²) in [6.45, 7) is 4.25. The van der Waals surface area contributed by atoms with Crippen LogP contribution in [0.2, 0.25) is 0 Å². The number of hydrogen-bond donors (Lipinski definition) is 2. The van der Waals surface area contributed by atoms with Crippen LogP contribution in [0.4, 0.5) is 0 Å². The number of hydrogen-bond acceptors (Lipinski definition) is 3. The lowest BCUT2D eigenvalue weighted by molar-refractivity contribution is -0.122. The summed E-state index contributed by atoms with van der Waals surface area (Å²) in [6, 6.07) is 4.31. The van der Waals surface area contributed by atoms with Crippen LogP contribution in [0.25, 0.3) is 0 Å². The quantitative estimate of drug-likeness (QED) is 0.688. The van der Waals surface area contributed by atoms with Crippen molar-refractivity contribution in [1.29, 1.82) is 0 Å². The molecule has 0 aliphatic rings. The third-order valence-electron chi connectivity index (χ3n) is 2.95. The number of amides is 2. The third kappa shape index (κ3) is 7.94. The van der Waals surface area contributed by atoms with E-state index in [1.165, 1.54) is 11.8 Å². The van der Waals surface area contributed by atoms with E-state index in [9.17, 15) is 9.59 Å². The third-order valence-corrected chi connectivity index (χ3v) is 3.85. The highest BCUT2D eigenvalue weighted by atomic mass is 32.1. The Morgan fingerprint density at radius 2 is 2.10 bits per heavy atom. The second-order valence-corrected chi connectivity index (χ2v) is 6.08. The molecule has 4 nitrogen and oxygen atoms in total. The summed E-state index contributed by atoms with van der Waals surface area (Å²) in [5, 5.41) is 7.83. The first-order valence-electron chi connectivity index (χ1n) is 7.14. The highest BCUT2D eigenvalue weighted by molar-refractivity contribution is 7.09. The Labute approximate surface area is 125 Å². The molecule has 1 aromatic heterocycles. The normalized spacial score (nSPS) is 11.9. The minimum Gasteiger partial charge on any atom is -0.356 e. The van der Waals surface area contributed by atoms with E-state index in [-0.39, 0.29) is 17.9 Å². The van der Waals surface area contributed by atoms with E-state index in [1.807, 2.05) is 13.0 Å². The highest BCUT2D eigenvalue weighted by Crippen LogP contribution is 2.11. The Morgan fingerprint density at radius 3 is 2.75 bits per heavy atom. The molecule has 112 valence electrons. The molecule has 0 saturated carbocycles. The Balaban J connectivity index is 2.03. The van der Waals surface area contributed by atoms with Crippen molar-refractivity contribution in [2.75, 3.05) is 6.54 Å². The van der Waals surface area contributed by atoms with Crippen LogP contribution in [-0.2, 0) is 16.0 Å². The minimum absolute atomic E-state index is 0.00476. The molecule has 20 heavy (non-hydrogen) atoms. The van der Waals surface area contributed by atoms with E-state index >= 15 is 0 Å². The molecule has 0 bridgehead atoms. The maximum absolute atomic E-state index is 11.7. The first kappa shape index (κ1) is 16.7. The van der Waals surface area contributed by atoms with Crippen molar-refractivity contribution in [1.82, 2.24) is 10.6 Å². The van der Waals surface area contributed by atoms with Crippen LogP contribution in [0.1, 0.15) is 44.4 Å². The lowest BCUT2D eigenvalue weighted by atomic mass is 10.1. The van der Waals surface area contributed by atoms with E-state index in [1.54, 1.807) is 11.3 Å². The van der Waals surface area contributed by atoms with Crippen molar-refractivity contribution in [3.05, 3.63) is 22.4 Å². The van der Waals surface area contributed by atoms with Gasteiger partial charge in [0, 0.05) is 37.2 Å². The Bertz CT molecular complexity index is 404. The molecule has 0 aliphatic carbocycles. The summed E-state index contributed by atoms with van der Waals surface area (Å²) >= 11 is 1.72. The molecular weight excluding hydrogens is 272 g/mol. The van der Waals surface area contributed by atoms with Gasteiger partial charge in [-0.15, -0.1) is 11.3 Å². The first-order valence-corrected chi connectivity index (χ1v) is 8.02. The van der Waals surface area contributed by atoms with Gasteiger partial charge in [-0.25, -0.2) is 0 Å². The van der Waals surface area contributed by atoms with E-state index < -0.39 is 0 Å². The van der Waals surface area contributed by atoms with Gasteiger partial charge in [-0.1, -0.05) is 12.5 Å². The highest BCUT2D eigenvalue weighted by Gasteiger charge is 2.08. The van der Waals surface area contributed by atoms with E-state index in [4.69, 9.17) is 0 Å². The van der Waals surface area contributed by atoms with Crippen LogP contribution in [0.3, 0.4) is 0 Å². The Hall–Kier alpha value is -1.36. The molecule has 1 heterocycles. The summed E-state index contributed by atoms with van der Waals surface area (Å²) in [4.78, 5) is 23.7. The zero-order valence-corrected chi connectivity index (χ0v) is 13.1. The van der Waals surface area contributed by atoms with E-state index in [2.05, 4.69) is 22.1 Å². The summed E-state index contributed by atoms with van der Waals surface area (Å²) in [5.41, 5.74) is 0. The number of thiophene rings is 1. The van der Waals surface area contributed by atoms with Crippen LogP contribution >= 0.6 is 11.3 Å². The number of carbonyl (C=O) groups is 2. The first-order chi connectivity index (χ1) is 9.58. The molecule has 1 rings (SSSR count). The molecule has 0 saturated heterocycles. The van der Waals surface area contributed by atoms with Gasteiger partial charge in [0.2, 0.25) is 11.8 Å². The molecular formula is C15H24N2O2S. The molecule has 0 fully saturated rings. The predicted molar refractivity (Wildman–Crippen MR) is 82.8 cm³/mol. The number of rotatable bonds is 9. The topological polar surface area (TPSA) is 58.2 Å². The van der Waals surface area contributed by atoms with Gasteiger partial charge in [-0.2, -0.15) is 0 Å². The van der Waals surface area contributed by atoms with Crippen LogP contribution < -0.4 is 10.6 Å². The van der Waals surface area contributed by atoms with Crippen LogP contribution in [-0.4, -0.2) is 24.4 Å². The van der Waals surface area contributed by atoms with Crippen molar-refractivity contribution < 1.29 is 9.59 Å². The van der Waals surface area contributed by atoms with Gasteiger partial charge in [0.15, 0.2) is 0 Å². The lowest BCUT2D eigenvalue weighted by Crippen LogP contribution is -2.33. The van der Waals surface area contributed by atoms with Crippen molar-refractivity contribution in [3.63, 3.8) is 0 Å². The molecule has 1 aromatic rings. The fraction of sp³-hybridized carbons (Fsp3) is 0.600. The van der Waals surface area contributed by atoms with Gasteiger partial charge in [0.05, 0.1) is 0 Å². The fourth-order valence-corrected chi connectivity index (χ4v) is 2.82. The van der Waals surface area contributed by atoms with Gasteiger partial charge in [-0.05, 0) is 31.2 Å². The molecule has 5 heteroatoms. The standard InChI is InChI=1S/C15H24N2O2S/c1-12(11-14-7-6-10-20-14)17-15(19)8-4-3-5-9-16-13(2)18/h6-7,10,12H,3-5,8-9,11H2,1-2H3,(H,16,18)(H,17,19). The number of unbranched alkanes of at least 4 members (excludes halogenated alkanes) is 2. The molecule has 2 amide bonds. The van der Waals surface area contributed by atoms with Crippen LogP contribution in [0, 0.1) is 0 Å². The van der Waals surface area contributed by atoms with E-state index in [0.29, 0.717) is 13.0 Å². The smallest absolute Gasteiger partial charge is 0.220 e. The van der Waals surface area contributed by atoms with Crippen LogP contribution in [0.5, 0.6) is 0 Å². The zero-order valence-electron chi connectivity index (χ0n) is 12.3. The summed E-state index contributed by atoms with van der Waals surface area (Å²) < 4.78 is 0. The Kier molecular flexibility index (Phi) is 7.95. The van der Waals surface area contributed by atoms with Crippen molar-refractivity contribution in [2.24, 2.45) is 0 Å². The van der Waals surface area contributed by atoms with Crippen LogP contribution in [0.15, 0.2) is 17.5 Å². The Morgan fingerprint density at radius 1 is 1.30 bits per heavy atom. The number of carbonyl (C=O) groups excluding carboxylic acids is 2.